The number of carbonyl (C=O) groups excluding carboxylic acids is 2. The molecule has 0 aromatic heterocycles. The maximum Gasteiger partial charge on any atom is 0.414 e. The van der Waals surface area contributed by atoms with Gasteiger partial charge >= 0.3 is 6.09 Å². The third-order valence-electron chi connectivity index (χ3n) is 5.04. The number of nitrogens with one attached hydrogen (secondary N) is 1. The van der Waals surface area contributed by atoms with Crippen LogP contribution >= 0.6 is 10.6 Å². The van der Waals surface area contributed by atoms with Crippen LogP contribution in [-0.2, 0) is 9.53 Å². The predicted molar refractivity (Wildman–Crippen MR) is 102 cm³/mol. The van der Waals surface area contributed by atoms with Crippen molar-refractivity contribution < 1.29 is 27.8 Å². The molecule has 0 radical (unpaired) electrons. The number of hydrogen-bond donors (Lipinski definition) is 3. The highest BCUT2D eigenvalue weighted by atomic mass is 32.3. The summed E-state index contributed by atoms with van der Waals surface area (Å²) >= 11 is 0. The molecule has 0 bridgehead atoms. The van der Waals surface area contributed by atoms with Gasteiger partial charge in [0.25, 0.3) is 0 Å². The lowest BCUT2D eigenvalue weighted by atomic mass is 9.93. The highest BCUT2D eigenvalue weighted by molar-refractivity contribution is 8.24. The van der Waals surface area contributed by atoms with E-state index in [0.717, 1.165) is 0 Å². The number of anilines is 1. The molecule has 2 heterocycles. The molecule has 1 aromatic carbocycles. The van der Waals surface area contributed by atoms with E-state index >= 15 is 0 Å². The molecule has 2 aliphatic heterocycles. The fourth-order valence-corrected chi connectivity index (χ4v) is 4.95. The van der Waals surface area contributed by atoms with E-state index < -0.39 is 28.6 Å². The molecular weight excluding hydrogens is 375 g/mol. The van der Waals surface area contributed by atoms with Crippen LogP contribution in [-0.4, -0.2) is 51.8 Å². The Labute approximate surface area is 159 Å². The Hall–Kier alpha value is -1.84. The van der Waals surface area contributed by atoms with Crippen molar-refractivity contribution >= 4 is 28.3 Å². The Morgan fingerprint density at radius 3 is 2.70 bits per heavy atom. The van der Waals surface area contributed by atoms with E-state index in [0.29, 0.717) is 42.0 Å². The zero-order valence-corrected chi connectivity index (χ0v) is 16.0. The summed E-state index contributed by atoms with van der Waals surface area (Å²) in [5, 5.41) is 2.68. The van der Waals surface area contributed by atoms with Crippen molar-refractivity contribution in [2.24, 2.45) is 0 Å². The van der Waals surface area contributed by atoms with E-state index in [4.69, 9.17) is 4.74 Å². The van der Waals surface area contributed by atoms with Crippen LogP contribution in [0.3, 0.4) is 0 Å². The Morgan fingerprint density at radius 2 is 2.07 bits per heavy atom. The summed E-state index contributed by atoms with van der Waals surface area (Å²) in [4.78, 5) is 24.8. The lowest BCUT2D eigenvalue weighted by Crippen LogP contribution is -2.34. The van der Waals surface area contributed by atoms with Crippen molar-refractivity contribution in [1.29, 1.82) is 0 Å². The summed E-state index contributed by atoms with van der Waals surface area (Å²) in [5.41, 5.74) is 0.943. The van der Waals surface area contributed by atoms with Gasteiger partial charge in [-0.05, 0) is 36.5 Å². The Kier molecular flexibility index (Phi) is 5.92. The molecule has 0 saturated carbocycles. The molecule has 150 valence electrons. The van der Waals surface area contributed by atoms with E-state index in [9.17, 15) is 23.1 Å². The molecule has 3 rings (SSSR count). The van der Waals surface area contributed by atoms with Gasteiger partial charge in [0.15, 0.2) is 0 Å². The van der Waals surface area contributed by atoms with Crippen LogP contribution < -0.4 is 10.2 Å². The lowest BCUT2D eigenvalue weighted by molar-refractivity contribution is -0.121. The highest BCUT2D eigenvalue weighted by Gasteiger charge is 2.33. The topological polar surface area (TPSA) is 99.1 Å². The lowest BCUT2D eigenvalue weighted by Gasteiger charge is -2.39. The minimum absolute atomic E-state index is 0.0542. The first kappa shape index (κ1) is 19.9. The van der Waals surface area contributed by atoms with Gasteiger partial charge in [-0.2, -0.15) is 10.6 Å². The van der Waals surface area contributed by atoms with E-state index in [-0.39, 0.29) is 24.9 Å². The average Bonchev–Trinajstić information content (AvgIpc) is 3.01. The van der Waals surface area contributed by atoms with Gasteiger partial charge in [-0.15, -0.1) is 0 Å². The molecule has 1 atom stereocenters. The number of benzene rings is 1. The summed E-state index contributed by atoms with van der Waals surface area (Å²) in [7, 11) is -2.51. The molecular formula is C18H25FN2O5S. The second kappa shape index (κ2) is 8.04. The van der Waals surface area contributed by atoms with Gasteiger partial charge in [-0.25, -0.2) is 9.18 Å². The summed E-state index contributed by atoms with van der Waals surface area (Å²) in [5.74, 6) is 0.00204. The predicted octanol–water partition coefficient (Wildman–Crippen LogP) is 3.31. The van der Waals surface area contributed by atoms with Gasteiger partial charge in [-0.3, -0.25) is 18.8 Å². The van der Waals surface area contributed by atoms with Gasteiger partial charge in [-0.1, -0.05) is 13.0 Å². The van der Waals surface area contributed by atoms with Gasteiger partial charge in [0.2, 0.25) is 5.91 Å². The standard InChI is InChI=1S/C18H25FN2O5S/c1-2-17(22)20-10-14-11-21(18(23)26-14)13-3-4-15(16(19)9-13)12-5-7-27(24,25)8-6-12/h3-4,9,12,14,24-25H,2,5-8,10-11H2,1H3,(H,20,22)/t14-/m0/s1. The van der Waals surface area contributed by atoms with Crippen molar-refractivity contribution in [1.82, 2.24) is 5.32 Å². The zero-order valence-electron chi connectivity index (χ0n) is 15.2. The second-order valence-corrected chi connectivity index (χ2v) is 9.39. The SMILES string of the molecule is CCC(=O)NC[C@H]1CN(c2ccc(C3CCS(O)(O)CC3)c(F)c2)C(=O)O1. The van der Waals surface area contributed by atoms with Crippen LogP contribution in [0.5, 0.6) is 0 Å². The van der Waals surface area contributed by atoms with Crippen LogP contribution in [0, 0.1) is 5.82 Å². The van der Waals surface area contributed by atoms with E-state index in [2.05, 4.69) is 5.32 Å². The first-order valence-electron chi connectivity index (χ1n) is 9.07. The van der Waals surface area contributed by atoms with Crippen molar-refractivity contribution in [2.75, 3.05) is 29.5 Å². The molecule has 9 heteroatoms. The molecule has 2 saturated heterocycles. The minimum atomic E-state index is -2.51. The van der Waals surface area contributed by atoms with Gasteiger partial charge in [0, 0.05) is 17.9 Å². The van der Waals surface area contributed by atoms with E-state index in [1.165, 1.54) is 11.0 Å². The third kappa shape index (κ3) is 4.72. The molecule has 2 amide bonds. The minimum Gasteiger partial charge on any atom is -0.442 e. The molecule has 27 heavy (non-hydrogen) atoms. The van der Waals surface area contributed by atoms with Crippen LogP contribution in [0.25, 0.3) is 0 Å². The number of hydrogen-bond acceptors (Lipinski definition) is 5. The Balaban J connectivity index is 1.65. The second-order valence-electron chi connectivity index (χ2n) is 6.96. The fraction of sp³-hybridized carbons (Fsp3) is 0.556. The number of nitrogens with zero attached hydrogens (tertiary/aromatic N) is 1. The summed E-state index contributed by atoms with van der Waals surface area (Å²) in [6.07, 6.45) is 0.379. The third-order valence-corrected chi connectivity index (χ3v) is 6.82. The molecule has 0 spiro atoms. The van der Waals surface area contributed by atoms with Crippen molar-refractivity contribution in [2.45, 2.75) is 38.2 Å². The van der Waals surface area contributed by atoms with Crippen LogP contribution in [0.1, 0.15) is 37.7 Å². The smallest absolute Gasteiger partial charge is 0.414 e. The van der Waals surface area contributed by atoms with Gasteiger partial charge in [0.1, 0.15) is 11.9 Å². The summed E-state index contributed by atoms with van der Waals surface area (Å²) in [6.45, 7) is 2.21. The molecule has 2 aliphatic rings. The van der Waals surface area contributed by atoms with E-state index in [1.807, 2.05) is 0 Å². The molecule has 7 nitrogen and oxygen atoms in total. The Bertz CT molecular complexity index is 720. The number of ether oxygens (including phenoxy) is 1. The number of rotatable bonds is 5. The first-order valence-corrected chi connectivity index (χ1v) is 11.0. The van der Waals surface area contributed by atoms with Gasteiger partial charge < -0.3 is 10.1 Å². The number of carbonyl (C=O) groups is 2. The number of halogens is 1. The quantitative estimate of drug-likeness (QED) is 0.704. The van der Waals surface area contributed by atoms with E-state index in [1.54, 1.807) is 19.1 Å². The monoisotopic (exact) mass is 400 g/mol. The molecule has 1 aromatic rings. The van der Waals surface area contributed by atoms with Crippen molar-refractivity contribution in [3.63, 3.8) is 0 Å². The molecule has 3 N–H and O–H groups in total. The number of amides is 2. The number of cyclic esters (lactones) is 1. The maximum absolute atomic E-state index is 14.7. The fourth-order valence-electron chi connectivity index (χ4n) is 3.43. The van der Waals surface area contributed by atoms with Crippen molar-refractivity contribution in [3.8, 4) is 0 Å². The molecule has 2 fully saturated rings. The van der Waals surface area contributed by atoms with Crippen LogP contribution in [0.4, 0.5) is 14.9 Å². The molecule has 0 unspecified atom stereocenters. The normalized spacial score (nSPS) is 23.8. The highest BCUT2D eigenvalue weighted by Crippen LogP contribution is 2.48. The van der Waals surface area contributed by atoms with Crippen LogP contribution in [0.2, 0.25) is 0 Å². The first-order chi connectivity index (χ1) is 12.8. The zero-order chi connectivity index (χ0) is 19.6. The summed E-state index contributed by atoms with van der Waals surface area (Å²) < 4.78 is 39.3. The van der Waals surface area contributed by atoms with Crippen molar-refractivity contribution in [3.05, 3.63) is 29.6 Å². The Morgan fingerprint density at radius 1 is 1.37 bits per heavy atom. The largest absolute Gasteiger partial charge is 0.442 e. The summed E-state index contributed by atoms with van der Waals surface area (Å²) in [6, 6.07) is 4.65. The van der Waals surface area contributed by atoms with Crippen LogP contribution in [0.15, 0.2) is 18.2 Å². The average molecular weight is 400 g/mol. The van der Waals surface area contributed by atoms with Gasteiger partial charge in [0.05, 0.1) is 18.8 Å². The maximum atomic E-state index is 14.7. The molecule has 0 aliphatic carbocycles.